The molecule has 5 heteroatoms. The highest BCUT2D eigenvalue weighted by Crippen LogP contribution is 2.30. The minimum Gasteiger partial charge on any atom is -0.871 e. The molecule has 0 aliphatic heterocycles. The molecule has 0 amide bonds. The smallest absolute Gasteiger partial charge is 0.335 e. The van der Waals surface area contributed by atoms with E-state index in [1.54, 1.807) is 36.4 Å². The van der Waals surface area contributed by atoms with Gasteiger partial charge in [-0.25, -0.2) is 4.79 Å². The Hall–Kier alpha value is -3.08. The second-order valence-corrected chi connectivity index (χ2v) is 4.97. The van der Waals surface area contributed by atoms with Crippen LogP contribution in [0, 0.1) is 6.92 Å². The second kappa shape index (κ2) is 5.37. The van der Waals surface area contributed by atoms with E-state index in [9.17, 15) is 9.90 Å². The van der Waals surface area contributed by atoms with Crippen molar-refractivity contribution in [1.82, 2.24) is 4.98 Å². The van der Waals surface area contributed by atoms with Crippen LogP contribution in [0.4, 0.5) is 11.4 Å². The first-order valence-corrected chi connectivity index (χ1v) is 6.72. The molecule has 0 unspecified atom stereocenters. The van der Waals surface area contributed by atoms with Crippen molar-refractivity contribution in [2.75, 3.05) is 5.32 Å². The fourth-order valence-electron chi connectivity index (χ4n) is 2.31. The normalized spacial score (nSPS) is 10.6. The molecule has 1 heterocycles. The van der Waals surface area contributed by atoms with E-state index in [2.05, 4.69) is 10.3 Å². The number of rotatable bonds is 3. The topological polar surface area (TPSA) is 85.3 Å². The Morgan fingerprint density at radius 3 is 2.64 bits per heavy atom. The van der Waals surface area contributed by atoms with Crippen LogP contribution in [0.5, 0.6) is 5.75 Å². The van der Waals surface area contributed by atoms with Gasteiger partial charge in [-0.05, 0) is 37.3 Å². The predicted molar refractivity (Wildman–Crippen MR) is 82.6 cm³/mol. The number of anilines is 2. The van der Waals surface area contributed by atoms with Gasteiger partial charge >= 0.3 is 5.97 Å². The van der Waals surface area contributed by atoms with Crippen molar-refractivity contribution in [3.05, 3.63) is 59.8 Å². The summed E-state index contributed by atoms with van der Waals surface area (Å²) in [5.74, 6) is -1.13. The van der Waals surface area contributed by atoms with Crippen molar-refractivity contribution in [2.45, 2.75) is 6.92 Å². The lowest BCUT2D eigenvalue weighted by molar-refractivity contribution is -0.267. The first kappa shape index (κ1) is 13.9. The van der Waals surface area contributed by atoms with Crippen molar-refractivity contribution in [1.29, 1.82) is 0 Å². The number of nitrogens with zero attached hydrogens (tertiary/aromatic N) is 1. The fraction of sp³-hybridized carbons (Fsp3) is 0.0588. The average molecular weight is 293 g/mol. The molecule has 0 atom stereocenters. The molecule has 0 aliphatic carbocycles. The first-order valence-electron chi connectivity index (χ1n) is 6.72. The van der Waals surface area contributed by atoms with Crippen LogP contribution in [0.2, 0.25) is 0 Å². The summed E-state index contributed by atoms with van der Waals surface area (Å²) in [7, 11) is 0. The van der Waals surface area contributed by atoms with Gasteiger partial charge in [-0.1, -0.05) is 23.9 Å². The molecule has 3 aromatic rings. The van der Waals surface area contributed by atoms with Gasteiger partial charge in [-0.15, -0.1) is 0 Å². The van der Waals surface area contributed by atoms with Crippen LogP contribution in [0.1, 0.15) is 16.1 Å². The molecule has 2 N–H and O–H groups in total. The van der Waals surface area contributed by atoms with E-state index in [0.717, 1.165) is 5.69 Å². The largest absolute Gasteiger partial charge is 0.871 e. The van der Waals surface area contributed by atoms with E-state index in [4.69, 9.17) is 5.11 Å². The monoisotopic (exact) mass is 293 g/mol. The van der Waals surface area contributed by atoms with Crippen molar-refractivity contribution in [3.63, 3.8) is 0 Å². The summed E-state index contributed by atoms with van der Waals surface area (Å²) in [6.45, 7) is 1.85. The number of carbonyl (C=O) groups is 1. The van der Waals surface area contributed by atoms with Crippen LogP contribution in [0.25, 0.3) is 10.9 Å². The van der Waals surface area contributed by atoms with Gasteiger partial charge in [0.25, 0.3) is 0 Å². The van der Waals surface area contributed by atoms with E-state index in [1.165, 1.54) is 12.1 Å². The third kappa shape index (κ3) is 2.56. The summed E-state index contributed by atoms with van der Waals surface area (Å²) >= 11 is 0. The van der Waals surface area contributed by atoms with Crippen molar-refractivity contribution >= 4 is 28.2 Å². The highest BCUT2D eigenvalue weighted by molar-refractivity contribution is 5.99. The molecule has 3 rings (SSSR count). The second-order valence-electron chi connectivity index (χ2n) is 4.97. The average Bonchev–Trinajstić information content (AvgIpc) is 2.49. The van der Waals surface area contributed by atoms with Crippen LogP contribution in [-0.4, -0.2) is 16.1 Å². The number of aromatic nitrogens is 1. The van der Waals surface area contributed by atoms with Crippen LogP contribution < -0.4 is 10.4 Å². The Morgan fingerprint density at radius 2 is 1.91 bits per heavy atom. The van der Waals surface area contributed by atoms with Crippen LogP contribution in [-0.2, 0) is 0 Å². The minimum absolute atomic E-state index is 0.125. The molecule has 5 nitrogen and oxygen atoms in total. The number of carboxylic acid groups (broad SMARTS) is 1. The van der Waals surface area contributed by atoms with Gasteiger partial charge in [0, 0.05) is 22.5 Å². The van der Waals surface area contributed by atoms with Crippen molar-refractivity contribution in [3.8, 4) is 5.75 Å². The molecule has 0 bridgehead atoms. The number of para-hydroxylation sites is 2. The van der Waals surface area contributed by atoms with Crippen molar-refractivity contribution in [2.24, 2.45) is 0 Å². The number of carboxylic acids is 1. The van der Waals surface area contributed by atoms with Gasteiger partial charge in [0.2, 0.25) is 0 Å². The number of pyridine rings is 1. The Morgan fingerprint density at radius 1 is 1.14 bits per heavy atom. The zero-order chi connectivity index (χ0) is 15.7. The predicted octanol–water partition coefficient (Wildman–Crippen LogP) is 3.06. The maximum atomic E-state index is 11.8. The standard InChI is InChI=1S/C17H14N2O3/c1-10-8-15(19-14-4-2-3-5-16(14)20)12-9-11(17(21)22)6-7-13(12)18-10/h2-9,20H,1H3,(H,18,19)(H,21,22)/p-1. The molecule has 0 saturated heterocycles. The molecule has 110 valence electrons. The minimum atomic E-state index is -1.00. The highest BCUT2D eigenvalue weighted by Gasteiger charge is 2.09. The van der Waals surface area contributed by atoms with Gasteiger partial charge in [-0.3, -0.25) is 4.98 Å². The van der Waals surface area contributed by atoms with E-state index in [-0.39, 0.29) is 11.3 Å². The van der Waals surface area contributed by atoms with E-state index >= 15 is 0 Å². The van der Waals surface area contributed by atoms with Gasteiger partial charge in [-0.2, -0.15) is 0 Å². The summed E-state index contributed by atoms with van der Waals surface area (Å²) < 4.78 is 0. The van der Waals surface area contributed by atoms with Gasteiger partial charge < -0.3 is 15.5 Å². The summed E-state index contributed by atoms with van der Waals surface area (Å²) in [6.07, 6.45) is 0. The first-order chi connectivity index (χ1) is 10.5. The Labute approximate surface area is 126 Å². The number of hydrogen-bond acceptors (Lipinski definition) is 4. The molecule has 0 spiro atoms. The molecule has 0 aliphatic rings. The van der Waals surface area contributed by atoms with Crippen molar-refractivity contribution < 1.29 is 15.0 Å². The molecule has 1 aromatic heterocycles. The Bertz CT molecular complexity index is 875. The molecule has 2 aromatic carbocycles. The van der Waals surface area contributed by atoms with E-state index < -0.39 is 5.97 Å². The zero-order valence-electron chi connectivity index (χ0n) is 11.8. The number of benzene rings is 2. The maximum Gasteiger partial charge on any atom is 0.335 e. The SMILES string of the molecule is Cc1cc(Nc2ccccc2[O-])c2cc(C(=O)O)ccc2n1. The summed E-state index contributed by atoms with van der Waals surface area (Å²) in [5, 5.41) is 24.7. The zero-order valence-corrected chi connectivity index (χ0v) is 11.8. The number of aromatic carboxylic acids is 1. The quantitative estimate of drug-likeness (QED) is 0.775. The summed E-state index contributed by atoms with van der Waals surface area (Å²) in [5.41, 5.74) is 2.73. The maximum absolute atomic E-state index is 11.8. The number of fused-ring (bicyclic) bond motifs is 1. The fourth-order valence-corrected chi connectivity index (χ4v) is 2.31. The summed E-state index contributed by atoms with van der Waals surface area (Å²) in [6, 6.07) is 13.1. The third-order valence-electron chi connectivity index (χ3n) is 3.34. The Balaban J connectivity index is 2.17. The summed E-state index contributed by atoms with van der Waals surface area (Å²) in [4.78, 5) is 15.5. The van der Waals surface area contributed by atoms with Crippen LogP contribution in [0.3, 0.4) is 0 Å². The molecule has 0 fully saturated rings. The van der Waals surface area contributed by atoms with Gasteiger partial charge in [0.1, 0.15) is 0 Å². The third-order valence-corrected chi connectivity index (χ3v) is 3.34. The number of nitrogens with one attached hydrogen (secondary N) is 1. The Kier molecular flexibility index (Phi) is 3.39. The lowest BCUT2D eigenvalue weighted by atomic mass is 10.1. The molecular formula is C17H13N2O3-. The highest BCUT2D eigenvalue weighted by atomic mass is 16.4. The van der Waals surface area contributed by atoms with E-state index in [1.807, 2.05) is 6.92 Å². The number of hydrogen-bond donors (Lipinski definition) is 2. The lowest BCUT2D eigenvalue weighted by Gasteiger charge is -2.17. The molecule has 0 saturated carbocycles. The van der Waals surface area contributed by atoms with E-state index in [0.29, 0.717) is 22.3 Å². The molecular weight excluding hydrogens is 280 g/mol. The molecule has 0 radical (unpaired) electrons. The van der Waals surface area contributed by atoms with Crippen LogP contribution in [0.15, 0.2) is 48.5 Å². The lowest BCUT2D eigenvalue weighted by Crippen LogP contribution is -2.01. The van der Waals surface area contributed by atoms with Crippen LogP contribution >= 0.6 is 0 Å². The van der Waals surface area contributed by atoms with Gasteiger partial charge in [0.15, 0.2) is 0 Å². The van der Waals surface area contributed by atoms with Gasteiger partial charge in [0.05, 0.1) is 11.1 Å². The molecule has 22 heavy (non-hydrogen) atoms. The number of aryl methyl sites for hydroxylation is 1.